The van der Waals surface area contributed by atoms with E-state index in [2.05, 4.69) is 5.32 Å². The number of nitrogens with one attached hydrogen (secondary N) is 1. The molecule has 8 heteroatoms. The maximum absolute atomic E-state index is 11.5. The van der Waals surface area contributed by atoms with Crippen molar-refractivity contribution in [3.05, 3.63) is 12.2 Å². The zero-order valence-corrected chi connectivity index (χ0v) is 11.5. The fourth-order valence-electron chi connectivity index (χ4n) is 1.67. The largest absolute Gasteiger partial charge is 0.481 e. The van der Waals surface area contributed by atoms with Crippen LogP contribution in [0.15, 0.2) is 12.2 Å². The molecule has 0 aliphatic heterocycles. The van der Waals surface area contributed by atoms with Crippen LogP contribution in [0, 0.1) is 5.92 Å². The summed E-state index contributed by atoms with van der Waals surface area (Å²) in [6.45, 7) is 1.24. The first-order valence-electron chi connectivity index (χ1n) is 5.75. The fraction of sp³-hybridized carbons (Fsp3) is 0.636. The third kappa shape index (κ3) is 4.55. The summed E-state index contributed by atoms with van der Waals surface area (Å²) in [7, 11) is -3.48. The number of rotatable bonds is 4. The van der Waals surface area contributed by atoms with Crippen LogP contribution in [0.5, 0.6) is 0 Å². The molecule has 1 aliphatic rings. The number of allylic oxidation sites excluding steroid dienone is 1. The second-order valence-corrected chi connectivity index (χ2v) is 6.76. The topological polar surface area (TPSA) is 110 Å². The van der Waals surface area contributed by atoms with Gasteiger partial charge in [0.25, 0.3) is 0 Å². The van der Waals surface area contributed by atoms with E-state index in [1.165, 1.54) is 6.92 Å². The lowest BCUT2D eigenvalue weighted by atomic mass is 9.89. The van der Waals surface area contributed by atoms with Gasteiger partial charge in [0.05, 0.1) is 5.92 Å². The Morgan fingerprint density at radius 2 is 1.95 bits per heavy atom. The van der Waals surface area contributed by atoms with Crippen molar-refractivity contribution in [2.45, 2.75) is 31.2 Å². The number of hydrogen-bond donors (Lipinski definition) is 2. The average Bonchev–Trinajstić information content (AvgIpc) is 2.27. The highest BCUT2D eigenvalue weighted by atomic mass is 32.2. The van der Waals surface area contributed by atoms with Gasteiger partial charge in [-0.1, -0.05) is 12.2 Å². The second-order valence-electron chi connectivity index (χ2n) is 4.44. The molecule has 108 valence electrons. The first-order valence-corrected chi connectivity index (χ1v) is 7.71. The number of alkyl carbamates (subject to hydrolysis) is 1. The number of amides is 1. The number of hydrogen-bond acceptors (Lipinski definition) is 5. The van der Waals surface area contributed by atoms with E-state index in [0.717, 1.165) is 6.26 Å². The molecule has 0 aromatic rings. The van der Waals surface area contributed by atoms with E-state index in [1.54, 1.807) is 12.2 Å². The monoisotopic (exact) mass is 291 g/mol. The summed E-state index contributed by atoms with van der Waals surface area (Å²) in [6, 6.07) is -0.596. The Balaban J connectivity index is 2.61. The van der Waals surface area contributed by atoms with Crippen molar-refractivity contribution in [2.24, 2.45) is 5.92 Å². The van der Waals surface area contributed by atoms with Gasteiger partial charge in [-0.3, -0.25) is 4.79 Å². The van der Waals surface area contributed by atoms with E-state index in [4.69, 9.17) is 9.84 Å². The fourth-order valence-corrected chi connectivity index (χ4v) is 1.93. The molecule has 7 nitrogen and oxygen atoms in total. The maximum Gasteiger partial charge on any atom is 0.408 e. The van der Waals surface area contributed by atoms with Gasteiger partial charge in [-0.05, 0) is 19.8 Å². The van der Waals surface area contributed by atoms with E-state index in [0.29, 0.717) is 12.8 Å². The Hall–Kier alpha value is -1.57. The number of sulfone groups is 1. The molecule has 0 fully saturated rings. The lowest BCUT2D eigenvalue weighted by molar-refractivity contribution is -0.142. The molecule has 1 unspecified atom stereocenters. The quantitative estimate of drug-likeness (QED) is 0.731. The minimum atomic E-state index is -3.48. The Bertz CT molecular complexity index is 483. The predicted octanol–water partition coefficient (Wildman–Crippen LogP) is 0.523. The predicted molar refractivity (Wildman–Crippen MR) is 67.2 cm³/mol. The number of carbonyl (C=O) groups is 2. The molecular weight excluding hydrogens is 274 g/mol. The molecule has 1 rings (SSSR count). The van der Waals surface area contributed by atoms with Crippen molar-refractivity contribution < 1.29 is 27.9 Å². The zero-order valence-electron chi connectivity index (χ0n) is 10.7. The standard InChI is InChI=1S/C11H17NO6S/c1-7(19(2,16)17)18-11(15)12-9-6-4-3-5-8(9)10(13)14/h3-4,7-9H,5-6H2,1-2H3,(H,12,15)(H,13,14)/t7?,8-,9+/m0/s1. The van der Waals surface area contributed by atoms with Crippen LogP contribution in [-0.4, -0.2) is 43.3 Å². The number of carboxylic acid groups (broad SMARTS) is 1. The Morgan fingerprint density at radius 3 is 2.47 bits per heavy atom. The lowest BCUT2D eigenvalue weighted by Gasteiger charge is -2.26. The van der Waals surface area contributed by atoms with Gasteiger partial charge in [0.2, 0.25) is 5.44 Å². The Kier molecular flexibility index (Phi) is 4.93. The van der Waals surface area contributed by atoms with Crippen LogP contribution in [0.4, 0.5) is 4.79 Å². The molecule has 0 aromatic heterocycles. The van der Waals surface area contributed by atoms with E-state index in [1.807, 2.05) is 0 Å². The van der Waals surface area contributed by atoms with Gasteiger partial charge in [-0.25, -0.2) is 13.2 Å². The SMILES string of the molecule is CC(OC(=O)N[C@@H]1CC=CC[C@@H]1C(=O)O)S(C)(=O)=O. The summed E-state index contributed by atoms with van der Waals surface area (Å²) >= 11 is 0. The maximum atomic E-state index is 11.5. The molecule has 1 aliphatic carbocycles. The molecule has 0 radical (unpaired) electrons. The second kappa shape index (κ2) is 6.05. The van der Waals surface area contributed by atoms with Crippen LogP contribution in [0.1, 0.15) is 19.8 Å². The van der Waals surface area contributed by atoms with Gasteiger partial charge < -0.3 is 15.2 Å². The third-order valence-electron chi connectivity index (χ3n) is 2.93. The average molecular weight is 291 g/mol. The third-order valence-corrected chi connectivity index (χ3v) is 4.23. The van der Waals surface area contributed by atoms with E-state index >= 15 is 0 Å². The van der Waals surface area contributed by atoms with Gasteiger partial charge in [0.15, 0.2) is 9.84 Å². The zero-order chi connectivity index (χ0) is 14.6. The first kappa shape index (κ1) is 15.5. The summed E-state index contributed by atoms with van der Waals surface area (Å²) in [6.07, 6.45) is 4.23. The number of carbonyl (C=O) groups excluding carboxylic acids is 1. The molecule has 0 saturated carbocycles. The van der Waals surface area contributed by atoms with E-state index in [-0.39, 0.29) is 0 Å². The lowest BCUT2D eigenvalue weighted by Crippen LogP contribution is -2.45. The highest BCUT2D eigenvalue weighted by Crippen LogP contribution is 2.19. The molecule has 1 amide bonds. The van der Waals surface area contributed by atoms with Gasteiger partial charge in [-0.2, -0.15) is 0 Å². The normalized spacial score (nSPS) is 24.5. The molecular formula is C11H17NO6S. The van der Waals surface area contributed by atoms with Crippen molar-refractivity contribution >= 4 is 21.9 Å². The summed E-state index contributed by atoms with van der Waals surface area (Å²) in [5, 5.41) is 11.4. The number of ether oxygens (including phenoxy) is 1. The van der Waals surface area contributed by atoms with Crippen molar-refractivity contribution in [1.82, 2.24) is 5.32 Å². The van der Waals surface area contributed by atoms with Crippen molar-refractivity contribution in [1.29, 1.82) is 0 Å². The van der Waals surface area contributed by atoms with Crippen LogP contribution in [-0.2, 0) is 19.4 Å². The minimum Gasteiger partial charge on any atom is -0.481 e. The number of aliphatic carboxylic acids is 1. The Morgan fingerprint density at radius 1 is 1.37 bits per heavy atom. The van der Waals surface area contributed by atoms with Gasteiger partial charge in [0.1, 0.15) is 0 Å². The Labute approximate surface area is 111 Å². The van der Waals surface area contributed by atoms with Crippen LogP contribution in [0.3, 0.4) is 0 Å². The molecule has 0 bridgehead atoms. The van der Waals surface area contributed by atoms with Crippen molar-refractivity contribution in [3.8, 4) is 0 Å². The highest BCUT2D eigenvalue weighted by molar-refractivity contribution is 7.91. The number of carboxylic acids is 1. The van der Waals surface area contributed by atoms with Gasteiger partial charge in [0, 0.05) is 12.3 Å². The van der Waals surface area contributed by atoms with Crippen molar-refractivity contribution in [3.63, 3.8) is 0 Å². The summed E-state index contributed by atoms with van der Waals surface area (Å²) < 4.78 is 26.9. The summed E-state index contributed by atoms with van der Waals surface area (Å²) in [4.78, 5) is 22.5. The molecule has 0 aromatic carbocycles. The molecule has 0 spiro atoms. The van der Waals surface area contributed by atoms with E-state index < -0.39 is 39.3 Å². The summed E-state index contributed by atoms with van der Waals surface area (Å²) in [5.74, 6) is -1.74. The van der Waals surface area contributed by atoms with Crippen LogP contribution in [0.2, 0.25) is 0 Å². The smallest absolute Gasteiger partial charge is 0.408 e. The van der Waals surface area contributed by atoms with Gasteiger partial charge in [-0.15, -0.1) is 0 Å². The minimum absolute atomic E-state index is 0.321. The van der Waals surface area contributed by atoms with Crippen LogP contribution >= 0.6 is 0 Å². The molecule has 3 atom stereocenters. The first-order chi connectivity index (χ1) is 8.71. The molecule has 2 N–H and O–H groups in total. The van der Waals surface area contributed by atoms with Gasteiger partial charge >= 0.3 is 12.1 Å². The molecule has 0 saturated heterocycles. The molecule has 19 heavy (non-hydrogen) atoms. The van der Waals surface area contributed by atoms with E-state index in [9.17, 15) is 18.0 Å². The molecule has 0 heterocycles. The summed E-state index contributed by atoms with van der Waals surface area (Å²) in [5.41, 5.74) is -1.27. The van der Waals surface area contributed by atoms with Crippen LogP contribution < -0.4 is 5.32 Å². The van der Waals surface area contributed by atoms with Crippen LogP contribution in [0.25, 0.3) is 0 Å². The highest BCUT2D eigenvalue weighted by Gasteiger charge is 2.31. The van der Waals surface area contributed by atoms with Crippen molar-refractivity contribution in [2.75, 3.05) is 6.26 Å².